The molecule has 0 amide bonds. The van der Waals surface area contributed by atoms with Crippen LogP contribution in [0.1, 0.15) is 99.3 Å². The van der Waals surface area contributed by atoms with Crippen LogP contribution in [0.2, 0.25) is 18.3 Å². The van der Waals surface area contributed by atoms with E-state index in [1.54, 1.807) is 13.3 Å². The van der Waals surface area contributed by atoms with Crippen LogP contribution in [0, 0.1) is 0 Å². The summed E-state index contributed by atoms with van der Waals surface area (Å²) in [6.45, 7) is 15.1. The molecule has 2 rings (SSSR count). The summed E-state index contributed by atoms with van der Waals surface area (Å²) >= 11 is -2.14. The average Bonchev–Trinajstić information content (AvgIpc) is 2.91. The van der Waals surface area contributed by atoms with Crippen LogP contribution in [0.5, 0.6) is 0 Å². The molecule has 0 fully saturated rings. The van der Waals surface area contributed by atoms with Crippen LogP contribution < -0.4 is 10.4 Å². The summed E-state index contributed by atoms with van der Waals surface area (Å²) < 4.78 is 14.7. The van der Waals surface area contributed by atoms with Gasteiger partial charge in [-0.3, -0.25) is 0 Å². The van der Waals surface area contributed by atoms with Crippen LogP contribution in [-0.4, -0.2) is 33.3 Å². The van der Waals surface area contributed by atoms with Gasteiger partial charge in [-0.1, -0.05) is 0 Å². The van der Waals surface area contributed by atoms with Crippen molar-refractivity contribution in [1.29, 1.82) is 0 Å². The van der Waals surface area contributed by atoms with E-state index in [0.717, 1.165) is 13.0 Å². The van der Waals surface area contributed by atoms with E-state index in [4.69, 9.17) is 4.43 Å². The summed E-state index contributed by atoms with van der Waals surface area (Å²) in [5, 5.41) is 2.83. The van der Waals surface area contributed by atoms with Gasteiger partial charge >= 0.3 is 237 Å². The molecule has 0 N–H and O–H groups in total. The number of rotatable bonds is 18. The van der Waals surface area contributed by atoms with E-state index in [0.29, 0.717) is 0 Å². The van der Waals surface area contributed by atoms with Crippen LogP contribution in [0.15, 0.2) is 70.8 Å². The van der Waals surface area contributed by atoms with Gasteiger partial charge < -0.3 is 0 Å². The van der Waals surface area contributed by atoms with Crippen LogP contribution >= 0.6 is 0 Å². The molecular formula is C34H56OSiSn. The Kier molecular flexibility index (Phi) is 14.8. The zero-order valence-electron chi connectivity index (χ0n) is 25.0. The van der Waals surface area contributed by atoms with Crippen molar-refractivity contribution in [3.8, 4) is 0 Å². The molecule has 0 saturated heterocycles. The van der Waals surface area contributed by atoms with Crippen molar-refractivity contribution >= 4 is 37.1 Å². The van der Waals surface area contributed by atoms with Gasteiger partial charge in [-0.25, -0.2) is 0 Å². The molecule has 2 aromatic rings. The summed E-state index contributed by atoms with van der Waals surface area (Å²) in [5.74, 6) is 0. The van der Waals surface area contributed by atoms with Crippen molar-refractivity contribution in [3.05, 3.63) is 70.8 Å². The summed E-state index contributed by atoms with van der Waals surface area (Å²) in [7, 11) is -2.40. The molecule has 0 saturated carbocycles. The van der Waals surface area contributed by atoms with E-state index in [9.17, 15) is 0 Å². The second-order valence-electron chi connectivity index (χ2n) is 12.1. The fourth-order valence-corrected chi connectivity index (χ4v) is 25.0. The SMILES string of the molecule is CCC[CH2][Sn](/[CH]=C\CCCCO[Si](c1ccccc1)(c1ccccc1)C(C)(C)C)([CH2]CCC)[CH2]CCC. The van der Waals surface area contributed by atoms with E-state index in [1.165, 1.54) is 61.7 Å². The van der Waals surface area contributed by atoms with E-state index in [2.05, 4.69) is 112 Å². The van der Waals surface area contributed by atoms with Crippen molar-refractivity contribution in [1.82, 2.24) is 0 Å². The molecule has 206 valence electrons. The molecule has 0 aromatic heterocycles. The van der Waals surface area contributed by atoms with Gasteiger partial charge in [0.15, 0.2) is 0 Å². The number of hydrogen-bond acceptors (Lipinski definition) is 1. The molecule has 3 heteroatoms. The fraction of sp³-hybridized carbons (Fsp3) is 0.588. The summed E-state index contributed by atoms with van der Waals surface area (Å²) in [4.78, 5) is 0. The van der Waals surface area contributed by atoms with Gasteiger partial charge in [-0.05, 0) is 0 Å². The van der Waals surface area contributed by atoms with Crippen molar-refractivity contribution in [3.63, 3.8) is 0 Å². The predicted octanol–water partition coefficient (Wildman–Crippen LogP) is 9.68. The Hall–Kier alpha value is -0.844. The molecule has 0 heterocycles. The van der Waals surface area contributed by atoms with Gasteiger partial charge in [-0.15, -0.1) is 0 Å². The van der Waals surface area contributed by atoms with Crippen molar-refractivity contribution in [2.24, 2.45) is 0 Å². The van der Waals surface area contributed by atoms with E-state index >= 15 is 0 Å². The Morgan fingerprint density at radius 1 is 0.676 bits per heavy atom. The minimum atomic E-state index is -2.40. The zero-order chi connectivity index (χ0) is 27.0. The molecule has 0 bridgehead atoms. The van der Waals surface area contributed by atoms with E-state index in [1.807, 2.05) is 0 Å². The monoisotopic (exact) mass is 628 g/mol. The Labute approximate surface area is 235 Å². The fourth-order valence-electron chi connectivity index (χ4n) is 5.90. The average molecular weight is 628 g/mol. The Bertz CT molecular complexity index is 810. The van der Waals surface area contributed by atoms with Gasteiger partial charge in [0.05, 0.1) is 0 Å². The molecule has 0 radical (unpaired) electrons. The summed E-state index contributed by atoms with van der Waals surface area (Å²) in [6, 6.07) is 22.1. The Morgan fingerprint density at radius 2 is 1.14 bits per heavy atom. The molecule has 0 aliphatic heterocycles. The number of unbranched alkanes of at least 4 members (excludes halogenated alkanes) is 5. The van der Waals surface area contributed by atoms with Crippen LogP contribution in [-0.2, 0) is 4.43 Å². The Morgan fingerprint density at radius 3 is 1.54 bits per heavy atom. The molecule has 0 aliphatic rings. The topological polar surface area (TPSA) is 9.23 Å². The van der Waals surface area contributed by atoms with Gasteiger partial charge in [-0.2, -0.15) is 0 Å². The van der Waals surface area contributed by atoms with Crippen molar-refractivity contribution in [2.45, 2.75) is 118 Å². The molecule has 0 aliphatic carbocycles. The number of allylic oxidation sites excluding steroid dienone is 1. The van der Waals surface area contributed by atoms with Crippen molar-refractivity contribution < 1.29 is 4.43 Å². The Balaban J connectivity index is 2.08. The maximum atomic E-state index is 7.10. The van der Waals surface area contributed by atoms with E-state index in [-0.39, 0.29) is 5.04 Å². The summed E-state index contributed by atoms with van der Waals surface area (Å²) in [5.41, 5.74) is 0. The van der Waals surface area contributed by atoms with Crippen molar-refractivity contribution in [2.75, 3.05) is 6.61 Å². The normalized spacial score (nSPS) is 12.9. The van der Waals surface area contributed by atoms with Gasteiger partial charge in [0.1, 0.15) is 0 Å². The maximum absolute atomic E-state index is 7.10. The third-order valence-corrected chi connectivity index (χ3v) is 27.3. The molecule has 0 spiro atoms. The second kappa shape index (κ2) is 17.0. The first kappa shape index (κ1) is 32.4. The van der Waals surface area contributed by atoms with E-state index < -0.39 is 26.7 Å². The van der Waals surface area contributed by atoms with Crippen LogP contribution in [0.25, 0.3) is 0 Å². The standard InChI is InChI=1S/C22H29OSi.3C4H9.Sn/c1-5-6-7-14-19-23-24(22(2,3)4,20-15-10-8-11-16-20)21-17-12-9-13-18-21;3*1-3-4-2;/h1,5,8-13,15-18H,6-7,14,19H2,2-4H3;3*1,3-4H2,2H3;. The first-order chi connectivity index (χ1) is 17.8. The molecule has 1 nitrogen and oxygen atoms in total. The minimum absolute atomic E-state index is 0.0571. The van der Waals surface area contributed by atoms with Gasteiger partial charge in [0.25, 0.3) is 0 Å². The van der Waals surface area contributed by atoms with Crippen LogP contribution in [0.4, 0.5) is 0 Å². The number of hydrogen-bond donors (Lipinski definition) is 0. The zero-order valence-corrected chi connectivity index (χ0v) is 28.9. The molecule has 37 heavy (non-hydrogen) atoms. The first-order valence-corrected chi connectivity index (χ1v) is 24.9. The predicted molar refractivity (Wildman–Crippen MR) is 171 cm³/mol. The van der Waals surface area contributed by atoms with Gasteiger partial charge in [0, 0.05) is 0 Å². The molecule has 0 unspecified atom stereocenters. The molecular weight excluding hydrogens is 571 g/mol. The molecule has 0 atom stereocenters. The van der Waals surface area contributed by atoms with Gasteiger partial charge in [0.2, 0.25) is 0 Å². The third kappa shape index (κ3) is 9.69. The van der Waals surface area contributed by atoms with Crippen LogP contribution in [0.3, 0.4) is 0 Å². The summed E-state index contributed by atoms with van der Waals surface area (Å²) in [6.07, 6.45) is 14.6. The quantitative estimate of drug-likeness (QED) is 0.118. The molecule has 2 aromatic carbocycles. The third-order valence-electron chi connectivity index (χ3n) is 8.06. The second-order valence-corrected chi connectivity index (χ2v) is 29.4. The first-order valence-electron chi connectivity index (χ1n) is 15.3. The number of benzene rings is 2.